The van der Waals surface area contributed by atoms with Gasteiger partial charge in [-0.3, -0.25) is 15.3 Å². The molecule has 0 atom stereocenters. The summed E-state index contributed by atoms with van der Waals surface area (Å²) in [5.74, 6) is 2.31. The Labute approximate surface area is 112 Å². The summed E-state index contributed by atoms with van der Waals surface area (Å²) in [6.45, 7) is 0.801. The molecule has 0 aliphatic rings. The van der Waals surface area contributed by atoms with Crippen LogP contribution in [0.4, 0.5) is 0 Å². The first-order chi connectivity index (χ1) is 8.65. The topological polar surface area (TPSA) is 78.0 Å². The molecular formula is C12H15N5S. The Hall–Kier alpha value is -2.13. The molecule has 0 saturated carbocycles. The third kappa shape index (κ3) is 4.39. The summed E-state index contributed by atoms with van der Waals surface area (Å²) in [6.07, 6.45) is 7.51. The van der Waals surface area contributed by atoms with E-state index in [4.69, 9.17) is 29.8 Å². The van der Waals surface area contributed by atoms with Gasteiger partial charge in [0.15, 0.2) is 11.1 Å². The minimum atomic E-state index is -0.111. The van der Waals surface area contributed by atoms with E-state index in [-0.39, 0.29) is 5.96 Å². The third-order valence-corrected chi connectivity index (χ3v) is 2.56. The monoisotopic (exact) mass is 261 g/mol. The molecule has 4 N–H and O–H groups in total. The molecule has 1 aromatic rings. The van der Waals surface area contributed by atoms with Crippen LogP contribution in [0.2, 0.25) is 0 Å². The Morgan fingerprint density at radius 2 is 2.39 bits per heavy atom. The fraction of sp³-hybridized carbons (Fsp3) is 0.250. The van der Waals surface area contributed by atoms with Gasteiger partial charge in [-0.2, -0.15) is 0 Å². The first kappa shape index (κ1) is 13.9. The van der Waals surface area contributed by atoms with E-state index < -0.39 is 0 Å². The minimum Gasteiger partial charge on any atom is -0.370 e. The second kappa shape index (κ2) is 7.25. The van der Waals surface area contributed by atoms with Crippen LogP contribution in [0.1, 0.15) is 5.69 Å². The quantitative estimate of drug-likeness (QED) is 0.315. The van der Waals surface area contributed by atoms with Crippen LogP contribution in [0.15, 0.2) is 24.4 Å². The normalized spacial score (nSPS) is 9.28. The van der Waals surface area contributed by atoms with Gasteiger partial charge in [0.2, 0.25) is 0 Å². The van der Waals surface area contributed by atoms with Gasteiger partial charge in [0.05, 0.1) is 6.54 Å². The first-order valence-corrected chi connectivity index (χ1v) is 5.78. The van der Waals surface area contributed by atoms with E-state index in [1.807, 2.05) is 18.2 Å². The smallest absolute Gasteiger partial charge is 0.194 e. The lowest BCUT2D eigenvalue weighted by molar-refractivity contribution is 0.580. The van der Waals surface area contributed by atoms with Gasteiger partial charge in [0.25, 0.3) is 0 Å². The van der Waals surface area contributed by atoms with E-state index in [0.717, 1.165) is 5.69 Å². The van der Waals surface area contributed by atoms with Crippen molar-refractivity contribution in [2.45, 2.75) is 6.42 Å². The number of guanidine groups is 1. The number of hydrogen-bond donors (Lipinski definition) is 3. The number of nitrogens with one attached hydrogen (secondary N) is 2. The molecule has 0 bridgehead atoms. The summed E-state index contributed by atoms with van der Waals surface area (Å²) in [7, 11) is 0. The van der Waals surface area contributed by atoms with Crippen molar-refractivity contribution in [1.82, 2.24) is 15.2 Å². The molecule has 5 nitrogen and oxygen atoms in total. The van der Waals surface area contributed by atoms with Crippen molar-refractivity contribution in [3.63, 3.8) is 0 Å². The van der Waals surface area contributed by atoms with Crippen molar-refractivity contribution in [2.24, 2.45) is 5.73 Å². The molecule has 0 fully saturated rings. The Bertz CT molecular complexity index is 451. The molecular weight excluding hydrogens is 246 g/mol. The molecule has 0 aromatic carbocycles. The zero-order chi connectivity index (χ0) is 13.4. The number of hydrogen-bond acceptors (Lipinski definition) is 3. The fourth-order valence-corrected chi connectivity index (χ4v) is 1.59. The summed E-state index contributed by atoms with van der Waals surface area (Å²) in [5.41, 5.74) is 6.40. The molecule has 0 aliphatic heterocycles. The molecule has 0 aliphatic carbocycles. The van der Waals surface area contributed by atoms with Gasteiger partial charge in [-0.15, -0.1) is 6.42 Å². The van der Waals surface area contributed by atoms with Gasteiger partial charge in [-0.05, 0) is 24.4 Å². The maximum Gasteiger partial charge on any atom is 0.194 e. The van der Waals surface area contributed by atoms with Crippen LogP contribution in [0.5, 0.6) is 0 Å². The third-order valence-electron chi connectivity index (χ3n) is 2.20. The zero-order valence-corrected chi connectivity index (χ0v) is 10.7. The van der Waals surface area contributed by atoms with Crippen molar-refractivity contribution >= 4 is 23.3 Å². The highest BCUT2D eigenvalue weighted by Gasteiger charge is 2.11. The fourth-order valence-electron chi connectivity index (χ4n) is 1.33. The maximum absolute atomic E-state index is 7.49. The second-order valence-electron chi connectivity index (χ2n) is 3.47. The van der Waals surface area contributed by atoms with E-state index in [2.05, 4.69) is 16.2 Å². The number of rotatable bonds is 4. The van der Waals surface area contributed by atoms with Crippen molar-refractivity contribution in [1.29, 1.82) is 5.41 Å². The summed E-state index contributed by atoms with van der Waals surface area (Å²) < 4.78 is 0. The van der Waals surface area contributed by atoms with E-state index in [9.17, 15) is 0 Å². The molecule has 1 aromatic heterocycles. The highest BCUT2D eigenvalue weighted by atomic mass is 32.1. The molecule has 1 rings (SSSR count). The lowest BCUT2D eigenvalue weighted by Crippen LogP contribution is -2.47. The van der Waals surface area contributed by atoms with Crippen LogP contribution in [-0.2, 0) is 6.42 Å². The lowest BCUT2D eigenvalue weighted by atomic mass is 10.2. The largest absolute Gasteiger partial charge is 0.370 e. The maximum atomic E-state index is 7.49. The zero-order valence-electron chi connectivity index (χ0n) is 9.89. The summed E-state index contributed by atoms with van der Waals surface area (Å²) >= 11 is 5.11. The average Bonchev–Trinajstić information content (AvgIpc) is 2.37. The molecule has 18 heavy (non-hydrogen) atoms. The summed E-state index contributed by atoms with van der Waals surface area (Å²) in [4.78, 5) is 5.68. The van der Waals surface area contributed by atoms with E-state index in [0.29, 0.717) is 24.6 Å². The summed E-state index contributed by atoms with van der Waals surface area (Å²) in [6, 6.07) is 5.68. The predicted octanol–water partition coefficient (Wildman–Crippen LogP) is 0.327. The van der Waals surface area contributed by atoms with Crippen molar-refractivity contribution in [2.75, 3.05) is 13.1 Å². The first-order valence-electron chi connectivity index (χ1n) is 5.38. The molecule has 0 radical (unpaired) electrons. The molecule has 1 heterocycles. The van der Waals surface area contributed by atoms with Crippen LogP contribution in [-0.4, -0.2) is 34.0 Å². The SMILES string of the molecule is C#CCNC(=S)N(CCc1ccccn1)C(=N)N. The van der Waals surface area contributed by atoms with Crippen molar-refractivity contribution in [3.8, 4) is 12.3 Å². The lowest BCUT2D eigenvalue weighted by Gasteiger charge is -2.23. The van der Waals surface area contributed by atoms with Crippen molar-refractivity contribution in [3.05, 3.63) is 30.1 Å². The van der Waals surface area contributed by atoms with Crippen LogP contribution >= 0.6 is 12.2 Å². The molecule has 0 spiro atoms. The Balaban J connectivity index is 2.56. The van der Waals surface area contributed by atoms with Crippen molar-refractivity contribution < 1.29 is 0 Å². The molecule has 0 saturated heterocycles. The van der Waals surface area contributed by atoms with Gasteiger partial charge in [0.1, 0.15) is 0 Å². The van der Waals surface area contributed by atoms with Gasteiger partial charge in [-0.1, -0.05) is 12.0 Å². The van der Waals surface area contributed by atoms with E-state index in [1.165, 1.54) is 4.90 Å². The van der Waals surface area contributed by atoms with E-state index in [1.54, 1.807) is 6.20 Å². The number of thiocarbonyl (C=S) groups is 1. The minimum absolute atomic E-state index is 0.111. The number of terminal acetylenes is 1. The number of aromatic nitrogens is 1. The standard InChI is InChI=1S/C12H15N5S/c1-2-7-16-12(18)17(11(13)14)9-6-10-5-3-4-8-15-10/h1,3-5,8H,6-7,9H2,(H3,13,14)(H,16,18). The number of pyridine rings is 1. The van der Waals surface area contributed by atoms with Crippen LogP contribution in [0, 0.1) is 17.8 Å². The molecule has 0 amide bonds. The predicted molar refractivity (Wildman–Crippen MR) is 76.0 cm³/mol. The Kier molecular flexibility index (Phi) is 5.61. The highest BCUT2D eigenvalue weighted by Crippen LogP contribution is 1.98. The Morgan fingerprint density at radius 3 is 2.94 bits per heavy atom. The molecule has 0 unspecified atom stereocenters. The number of nitrogens with two attached hydrogens (primary N) is 1. The van der Waals surface area contributed by atoms with Gasteiger partial charge < -0.3 is 11.1 Å². The van der Waals surface area contributed by atoms with Crippen LogP contribution in [0.25, 0.3) is 0 Å². The highest BCUT2D eigenvalue weighted by molar-refractivity contribution is 7.80. The van der Waals surface area contributed by atoms with E-state index >= 15 is 0 Å². The summed E-state index contributed by atoms with van der Waals surface area (Å²) in [5, 5.41) is 10.7. The average molecular weight is 261 g/mol. The van der Waals surface area contributed by atoms with Gasteiger partial charge in [0, 0.05) is 24.9 Å². The molecule has 6 heteroatoms. The van der Waals surface area contributed by atoms with Crippen LogP contribution in [0.3, 0.4) is 0 Å². The molecule has 94 valence electrons. The van der Waals surface area contributed by atoms with Gasteiger partial charge >= 0.3 is 0 Å². The van der Waals surface area contributed by atoms with Gasteiger partial charge in [-0.25, -0.2) is 0 Å². The second-order valence-corrected chi connectivity index (χ2v) is 3.86. The Morgan fingerprint density at radius 1 is 1.61 bits per heavy atom. The van der Waals surface area contributed by atoms with Crippen LogP contribution < -0.4 is 11.1 Å². The number of nitrogens with zero attached hydrogens (tertiary/aromatic N) is 2.